The van der Waals surface area contributed by atoms with E-state index in [9.17, 15) is 10.0 Å². The Kier molecular flexibility index (Phi) is 4.14. The van der Waals surface area contributed by atoms with Crippen LogP contribution in [-0.4, -0.2) is 21.7 Å². The van der Waals surface area contributed by atoms with Gasteiger partial charge in [0.25, 0.3) is 0 Å². The van der Waals surface area contributed by atoms with Crippen LogP contribution < -0.4 is 5.73 Å². The Morgan fingerprint density at radius 2 is 2.26 bits per heavy atom. The highest BCUT2D eigenvalue weighted by Gasteiger charge is 2.23. The Hall–Kier alpha value is -1.50. The molecule has 1 atom stereocenters. The smallest absolute Gasteiger partial charge is 0.339 e. The molecule has 0 spiro atoms. The number of carbonyl (C=O) groups excluding carboxylic acids is 1. The average Bonchev–Trinajstić information content (AvgIpc) is 2.76. The molecule has 0 bridgehead atoms. The highest BCUT2D eigenvalue weighted by atomic mass is 32.1. The van der Waals surface area contributed by atoms with E-state index in [1.54, 1.807) is 23.6 Å². The predicted molar refractivity (Wildman–Crippen MR) is 80.8 cm³/mol. The summed E-state index contributed by atoms with van der Waals surface area (Å²) in [5, 5.41) is 13.0. The van der Waals surface area contributed by atoms with Gasteiger partial charge >= 0.3 is 6.03 Å². The molecular weight excluding hydrogens is 280 g/mol. The number of hydroxylamine groups is 2. The third-order valence-electron chi connectivity index (χ3n) is 2.99. The van der Waals surface area contributed by atoms with Gasteiger partial charge in [0.05, 0.1) is 6.04 Å². The van der Waals surface area contributed by atoms with Crippen molar-refractivity contribution >= 4 is 45.0 Å². The number of thiophene rings is 1. The molecule has 1 aromatic carbocycles. The number of hydrogen-bond donors (Lipinski definition) is 2. The first kappa shape index (κ1) is 13.9. The van der Waals surface area contributed by atoms with Gasteiger partial charge in [-0.25, -0.2) is 4.79 Å². The van der Waals surface area contributed by atoms with Crippen molar-refractivity contribution < 1.29 is 10.0 Å². The van der Waals surface area contributed by atoms with Crippen molar-refractivity contribution in [3.63, 3.8) is 0 Å². The summed E-state index contributed by atoms with van der Waals surface area (Å²) in [4.78, 5) is 12.0. The number of primary amides is 1. The normalized spacial score (nSPS) is 12.3. The van der Waals surface area contributed by atoms with Crippen molar-refractivity contribution in [1.82, 2.24) is 5.06 Å². The van der Waals surface area contributed by atoms with Crippen LogP contribution in [0.3, 0.4) is 0 Å². The first-order chi connectivity index (χ1) is 9.06. The van der Waals surface area contributed by atoms with Crippen LogP contribution in [0.5, 0.6) is 0 Å². The average molecular weight is 294 g/mol. The number of benzene rings is 1. The molecule has 1 aromatic heterocycles. The molecule has 0 aliphatic rings. The number of fused-ring (bicyclic) bond motifs is 1. The van der Waals surface area contributed by atoms with Crippen LogP contribution in [0, 0.1) is 0 Å². The summed E-state index contributed by atoms with van der Waals surface area (Å²) in [5.74, 6) is 0. The molecule has 0 saturated carbocycles. The standard InChI is InChI=1S/C13H14N2O2S2/c1-8(15(17)13(14)16)12-10(6-7-18)9-4-2-3-5-11(9)19-12/h2-5,7-8,17H,6H2,1H3,(H2,14,16). The van der Waals surface area contributed by atoms with E-state index in [1.165, 1.54) is 0 Å². The number of hydrogen-bond acceptors (Lipinski definition) is 4. The molecule has 0 aliphatic heterocycles. The zero-order valence-electron chi connectivity index (χ0n) is 10.4. The number of amides is 2. The minimum atomic E-state index is -0.863. The number of rotatable bonds is 4. The number of nitrogens with two attached hydrogens (primary N) is 1. The van der Waals surface area contributed by atoms with E-state index in [4.69, 9.17) is 18.0 Å². The maximum Gasteiger partial charge on any atom is 0.339 e. The molecule has 6 heteroatoms. The van der Waals surface area contributed by atoms with Crippen LogP contribution in [0.1, 0.15) is 23.4 Å². The van der Waals surface area contributed by atoms with Crippen LogP contribution >= 0.6 is 23.6 Å². The van der Waals surface area contributed by atoms with Gasteiger partial charge in [-0.15, -0.1) is 11.3 Å². The van der Waals surface area contributed by atoms with E-state index in [1.807, 2.05) is 24.3 Å². The van der Waals surface area contributed by atoms with Crippen molar-refractivity contribution in [2.75, 3.05) is 0 Å². The van der Waals surface area contributed by atoms with Crippen molar-refractivity contribution in [2.45, 2.75) is 19.4 Å². The van der Waals surface area contributed by atoms with Gasteiger partial charge in [-0.3, -0.25) is 5.21 Å². The molecule has 2 rings (SSSR count). The second-order valence-electron chi connectivity index (χ2n) is 4.17. The Labute approximate surface area is 120 Å². The van der Waals surface area contributed by atoms with E-state index >= 15 is 0 Å². The number of urea groups is 1. The fourth-order valence-corrected chi connectivity index (χ4v) is 3.49. The van der Waals surface area contributed by atoms with Gasteiger partial charge < -0.3 is 5.73 Å². The van der Waals surface area contributed by atoms with Gasteiger partial charge in [0.15, 0.2) is 0 Å². The summed E-state index contributed by atoms with van der Waals surface area (Å²) in [6, 6.07) is 6.59. The summed E-state index contributed by atoms with van der Waals surface area (Å²) in [6.07, 6.45) is 0.617. The van der Waals surface area contributed by atoms with Crippen LogP contribution in [0.15, 0.2) is 24.3 Å². The van der Waals surface area contributed by atoms with E-state index in [0.29, 0.717) is 11.5 Å². The Balaban J connectivity index is 2.55. The summed E-state index contributed by atoms with van der Waals surface area (Å²) >= 11 is 6.48. The number of carbonyl (C=O) groups is 1. The SMILES string of the molecule is CC(c1sc2ccccc2c1CC=S)N(O)C(N)=O. The van der Waals surface area contributed by atoms with Gasteiger partial charge in [0, 0.05) is 16.0 Å². The lowest BCUT2D eigenvalue weighted by Crippen LogP contribution is -2.34. The molecule has 0 fully saturated rings. The topological polar surface area (TPSA) is 66.6 Å². The molecule has 2 aromatic rings. The quantitative estimate of drug-likeness (QED) is 0.516. The number of thiocarbonyl (C=S) groups is 1. The van der Waals surface area contributed by atoms with E-state index in [-0.39, 0.29) is 0 Å². The van der Waals surface area contributed by atoms with Crippen molar-refractivity contribution in [3.05, 3.63) is 34.7 Å². The summed E-state index contributed by atoms with van der Waals surface area (Å²) in [7, 11) is 0. The van der Waals surface area contributed by atoms with Crippen molar-refractivity contribution in [3.8, 4) is 0 Å². The summed E-state index contributed by atoms with van der Waals surface area (Å²) in [6.45, 7) is 1.74. The van der Waals surface area contributed by atoms with Crippen LogP contribution in [0.2, 0.25) is 0 Å². The van der Waals surface area contributed by atoms with E-state index < -0.39 is 12.1 Å². The lowest BCUT2D eigenvalue weighted by atomic mass is 10.1. The monoisotopic (exact) mass is 294 g/mol. The van der Waals surface area contributed by atoms with Gasteiger partial charge in [-0.05, 0) is 29.3 Å². The third kappa shape index (κ3) is 2.60. The van der Waals surface area contributed by atoms with Crippen molar-refractivity contribution in [2.24, 2.45) is 5.73 Å². The van der Waals surface area contributed by atoms with E-state index in [2.05, 4.69) is 0 Å². The maximum absolute atomic E-state index is 11.1. The Morgan fingerprint density at radius 3 is 2.89 bits per heavy atom. The molecule has 0 radical (unpaired) electrons. The summed E-state index contributed by atoms with van der Waals surface area (Å²) < 4.78 is 1.11. The minimum absolute atomic E-state index is 0.486. The first-order valence-corrected chi connectivity index (χ1v) is 7.06. The molecule has 0 saturated heterocycles. The van der Waals surface area contributed by atoms with E-state index in [0.717, 1.165) is 20.5 Å². The Bertz CT molecular complexity index is 624. The molecule has 3 N–H and O–H groups in total. The van der Waals surface area contributed by atoms with Gasteiger partial charge in [-0.2, -0.15) is 5.06 Å². The maximum atomic E-state index is 11.1. The lowest BCUT2D eigenvalue weighted by molar-refractivity contribution is -0.0701. The van der Waals surface area contributed by atoms with Crippen molar-refractivity contribution in [1.29, 1.82) is 0 Å². The lowest BCUT2D eigenvalue weighted by Gasteiger charge is -2.20. The fourth-order valence-electron chi connectivity index (χ4n) is 2.05. The molecule has 1 heterocycles. The molecule has 19 heavy (non-hydrogen) atoms. The largest absolute Gasteiger partial charge is 0.350 e. The molecule has 4 nitrogen and oxygen atoms in total. The molecule has 2 amide bonds. The second kappa shape index (κ2) is 5.64. The van der Waals surface area contributed by atoms with Crippen LogP contribution in [-0.2, 0) is 6.42 Å². The second-order valence-corrected chi connectivity index (χ2v) is 5.59. The van der Waals surface area contributed by atoms with Gasteiger partial charge in [-0.1, -0.05) is 30.4 Å². The molecule has 1 unspecified atom stereocenters. The van der Waals surface area contributed by atoms with Gasteiger partial charge in [0.1, 0.15) is 0 Å². The third-order valence-corrected chi connectivity index (χ3v) is 4.54. The number of nitrogens with zero attached hydrogens (tertiary/aromatic N) is 1. The fraction of sp³-hybridized carbons (Fsp3) is 0.231. The van der Waals surface area contributed by atoms with Crippen LogP contribution in [0.25, 0.3) is 10.1 Å². The van der Waals surface area contributed by atoms with Gasteiger partial charge in [0.2, 0.25) is 0 Å². The predicted octanol–water partition coefficient (Wildman–Crippen LogP) is 3.27. The molecule has 0 aliphatic carbocycles. The molecular formula is C13H14N2O2S2. The Morgan fingerprint density at radius 1 is 1.58 bits per heavy atom. The highest BCUT2D eigenvalue weighted by Crippen LogP contribution is 2.37. The van der Waals surface area contributed by atoms with Crippen LogP contribution in [0.4, 0.5) is 4.79 Å². The minimum Gasteiger partial charge on any atom is -0.350 e. The first-order valence-electron chi connectivity index (χ1n) is 5.77. The molecule has 100 valence electrons. The summed E-state index contributed by atoms with van der Waals surface area (Å²) in [5.41, 5.74) is 6.15. The highest BCUT2D eigenvalue weighted by molar-refractivity contribution is 7.79. The zero-order valence-corrected chi connectivity index (χ0v) is 12.0. The zero-order chi connectivity index (χ0) is 14.0.